The monoisotopic (exact) mass is 585 g/mol. The van der Waals surface area contributed by atoms with Gasteiger partial charge in [0, 0.05) is 19.3 Å². The van der Waals surface area contributed by atoms with Gasteiger partial charge < -0.3 is 20.1 Å². The Morgan fingerprint density at radius 1 is 0.951 bits per heavy atom. The second-order valence-corrected chi connectivity index (χ2v) is 12.4. The normalized spacial score (nSPS) is 15.1. The van der Waals surface area contributed by atoms with Crippen molar-refractivity contribution in [1.29, 1.82) is 0 Å². The molecular formula is C33H45F2N3O2S. The number of anilines is 1. The molecule has 3 aromatic rings. The molecule has 5 nitrogen and oxygen atoms in total. The Hall–Kier alpha value is -2.71. The van der Waals surface area contributed by atoms with E-state index in [0.29, 0.717) is 5.13 Å². The van der Waals surface area contributed by atoms with E-state index in [2.05, 4.69) is 51.4 Å². The molecule has 41 heavy (non-hydrogen) atoms. The number of benzene rings is 2. The minimum Gasteiger partial charge on any atom is -0.395 e. The van der Waals surface area contributed by atoms with Crippen LogP contribution in [-0.2, 0) is 6.42 Å². The summed E-state index contributed by atoms with van der Waals surface area (Å²) in [5, 5.41) is 0.622. The van der Waals surface area contributed by atoms with E-state index in [-0.39, 0.29) is 11.5 Å². The molecule has 1 saturated carbocycles. The van der Waals surface area contributed by atoms with E-state index in [9.17, 15) is 8.78 Å². The smallest absolute Gasteiger partial charge is 0.395 e. The number of fused-ring (bicyclic) bond motifs is 1. The molecule has 8 heteroatoms. The summed E-state index contributed by atoms with van der Waals surface area (Å²) in [5.41, 5.74) is 9.03. The molecule has 2 aliphatic rings. The summed E-state index contributed by atoms with van der Waals surface area (Å²) >= 11 is 1.52. The maximum Gasteiger partial charge on any atom is 0.586 e. The lowest BCUT2D eigenvalue weighted by Crippen LogP contribution is -2.29. The zero-order valence-corrected chi connectivity index (χ0v) is 25.4. The van der Waals surface area contributed by atoms with E-state index < -0.39 is 6.29 Å². The zero-order chi connectivity index (χ0) is 29.1. The number of hydrogen-bond donors (Lipinski definition) is 1. The summed E-state index contributed by atoms with van der Waals surface area (Å²) in [5.74, 6) is 1.14. The number of aryl methyl sites for hydroxylation is 1. The Bertz CT molecular complexity index is 1210. The number of rotatable bonds is 15. The molecule has 0 amide bonds. The third kappa shape index (κ3) is 10.9. The van der Waals surface area contributed by atoms with Crippen LogP contribution in [0.3, 0.4) is 0 Å². The number of halogens is 2. The number of nitrogens with zero attached hydrogens (tertiary/aromatic N) is 2. The van der Waals surface area contributed by atoms with Crippen LogP contribution >= 0.6 is 11.3 Å². The first-order chi connectivity index (χ1) is 19.8. The van der Waals surface area contributed by atoms with Crippen LogP contribution in [0.5, 0.6) is 11.5 Å². The van der Waals surface area contributed by atoms with E-state index in [1.54, 1.807) is 12.1 Å². The Kier molecular flexibility index (Phi) is 11.8. The van der Waals surface area contributed by atoms with Crippen molar-refractivity contribution in [2.24, 2.45) is 5.92 Å². The average molecular weight is 586 g/mol. The van der Waals surface area contributed by atoms with Crippen molar-refractivity contribution in [1.82, 2.24) is 9.88 Å². The van der Waals surface area contributed by atoms with Gasteiger partial charge >= 0.3 is 6.29 Å². The third-order valence-electron chi connectivity index (χ3n) is 7.55. The number of aromatic nitrogens is 1. The van der Waals surface area contributed by atoms with E-state index in [4.69, 9.17) is 5.73 Å². The van der Waals surface area contributed by atoms with Crippen molar-refractivity contribution in [3.63, 3.8) is 0 Å². The maximum atomic E-state index is 13.2. The average Bonchev–Trinajstić information content (AvgIpc) is 3.56. The highest BCUT2D eigenvalue weighted by Crippen LogP contribution is 2.41. The van der Waals surface area contributed by atoms with Crippen LogP contribution in [0.1, 0.15) is 82.3 Å². The Labute approximate surface area is 248 Å². The minimum absolute atomic E-state index is 0.127. The molecule has 0 saturated heterocycles. The Balaban J connectivity index is 0.000000247. The lowest BCUT2D eigenvalue weighted by atomic mass is 10.1. The van der Waals surface area contributed by atoms with Crippen molar-refractivity contribution in [2.45, 2.75) is 90.8 Å². The van der Waals surface area contributed by atoms with Gasteiger partial charge in [-0.15, -0.1) is 8.78 Å². The van der Waals surface area contributed by atoms with Crippen LogP contribution in [0.15, 0.2) is 48.7 Å². The second-order valence-electron chi connectivity index (χ2n) is 11.3. The minimum atomic E-state index is -3.53. The number of nitrogens with two attached hydrogens (primary N) is 1. The highest BCUT2D eigenvalue weighted by molar-refractivity contribution is 7.18. The first-order valence-corrected chi connectivity index (χ1v) is 16.0. The number of ether oxygens (including phenoxy) is 2. The maximum absolute atomic E-state index is 13.2. The van der Waals surface area contributed by atoms with Gasteiger partial charge in [-0.1, -0.05) is 99.1 Å². The molecule has 0 spiro atoms. The van der Waals surface area contributed by atoms with Crippen molar-refractivity contribution in [3.05, 3.63) is 59.8 Å². The molecule has 1 aromatic heterocycles. The summed E-state index contributed by atoms with van der Waals surface area (Å²) < 4.78 is 35.4. The van der Waals surface area contributed by atoms with Gasteiger partial charge in [0.25, 0.3) is 0 Å². The van der Waals surface area contributed by atoms with Gasteiger partial charge in [-0.3, -0.25) is 0 Å². The molecule has 0 radical (unpaired) electrons. The van der Waals surface area contributed by atoms with Gasteiger partial charge in [0.2, 0.25) is 0 Å². The van der Waals surface area contributed by atoms with Crippen LogP contribution in [0, 0.1) is 12.8 Å². The van der Waals surface area contributed by atoms with E-state index in [1.165, 1.54) is 93.2 Å². The SMILES string of the molecule is CCCCCCCCCCN(CCc1ccc2c(c1)OC(F)(F)O2)CC1CC1.Cc1cccc(-c2cnc(N)s2)c1. The van der Waals surface area contributed by atoms with Crippen molar-refractivity contribution >= 4 is 16.5 Å². The lowest BCUT2D eigenvalue weighted by Gasteiger charge is -2.22. The van der Waals surface area contributed by atoms with Gasteiger partial charge in [0.15, 0.2) is 16.6 Å². The van der Waals surface area contributed by atoms with Gasteiger partial charge in [-0.05, 0) is 68.3 Å². The summed E-state index contributed by atoms with van der Waals surface area (Å²) in [6, 6.07) is 13.5. The molecule has 2 N–H and O–H groups in total. The third-order valence-corrected chi connectivity index (χ3v) is 8.43. The lowest BCUT2D eigenvalue weighted by molar-refractivity contribution is -0.286. The first-order valence-electron chi connectivity index (χ1n) is 15.2. The highest BCUT2D eigenvalue weighted by Gasteiger charge is 2.43. The summed E-state index contributed by atoms with van der Waals surface area (Å²) in [6.07, 6.45) is 12.6. The fraction of sp³-hybridized carbons (Fsp3) is 0.545. The first kappa shape index (κ1) is 31.2. The van der Waals surface area contributed by atoms with Gasteiger partial charge in [0.05, 0.1) is 4.88 Å². The highest BCUT2D eigenvalue weighted by atomic mass is 32.1. The van der Waals surface area contributed by atoms with Crippen LogP contribution in [0.25, 0.3) is 10.4 Å². The fourth-order valence-electron chi connectivity index (χ4n) is 5.08. The number of unbranched alkanes of at least 4 members (excludes halogenated alkanes) is 7. The molecule has 0 unspecified atom stereocenters. The van der Waals surface area contributed by atoms with Crippen LogP contribution in [0.4, 0.5) is 13.9 Å². The van der Waals surface area contributed by atoms with Gasteiger partial charge in [-0.2, -0.15) is 0 Å². The van der Waals surface area contributed by atoms with Crippen molar-refractivity contribution in [3.8, 4) is 21.9 Å². The molecule has 1 aliphatic carbocycles. The fourth-order valence-corrected chi connectivity index (χ4v) is 5.77. The second kappa shape index (κ2) is 15.5. The zero-order valence-electron chi connectivity index (χ0n) is 24.5. The van der Waals surface area contributed by atoms with Crippen LogP contribution in [0.2, 0.25) is 0 Å². The molecule has 1 aliphatic heterocycles. The predicted molar refractivity (Wildman–Crippen MR) is 165 cm³/mol. The number of hydrogen-bond acceptors (Lipinski definition) is 6. The standard InChI is InChI=1S/C23H35F2NO2.C10H10N2S/c1-2-3-4-5-6-7-8-9-15-26(18-20-10-11-20)16-14-19-12-13-21-22(17-19)28-23(24,25)27-21;1-7-3-2-4-8(5-7)9-6-12-10(11)13-9/h12-13,17,20H,2-11,14-16,18H2,1H3;2-6H,1H3,(H2,11,12). The van der Waals surface area contributed by atoms with E-state index in [1.807, 2.05) is 18.3 Å². The number of alkyl halides is 2. The summed E-state index contributed by atoms with van der Waals surface area (Å²) in [4.78, 5) is 7.71. The topological polar surface area (TPSA) is 60.6 Å². The number of nitrogen functional groups attached to an aromatic ring is 1. The van der Waals surface area contributed by atoms with Gasteiger partial charge in [0.1, 0.15) is 0 Å². The van der Waals surface area contributed by atoms with E-state index in [0.717, 1.165) is 35.9 Å². The molecule has 2 heterocycles. The molecule has 1 fully saturated rings. The molecule has 0 bridgehead atoms. The largest absolute Gasteiger partial charge is 0.586 e. The van der Waals surface area contributed by atoms with Crippen LogP contribution < -0.4 is 15.2 Å². The Morgan fingerprint density at radius 2 is 1.68 bits per heavy atom. The quantitative estimate of drug-likeness (QED) is 0.180. The summed E-state index contributed by atoms with van der Waals surface area (Å²) in [6.45, 7) is 7.64. The molecule has 0 atom stereocenters. The predicted octanol–water partition coefficient (Wildman–Crippen LogP) is 9.10. The Morgan fingerprint density at radius 3 is 2.37 bits per heavy atom. The summed E-state index contributed by atoms with van der Waals surface area (Å²) in [7, 11) is 0. The number of thiazole rings is 1. The molecule has 5 rings (SSSR count). The van der Waals surface area contributed by atoms with Crippen molar-refractivity contribution in [2.75, 3.05) is 25.4 Å². The molecule has 224 valence electrons. The molecule has 2 aromatic carbocycles. The van der Waals surface area contributed by atoms with Crippen molar-refractivity contribution < 1.29 is 18.3 Å². The van der Waals surface area contributed by atoms with Crippen LogP contribution in [-0.4, -0.2) is 35.8 Å². The van der Waals surface area contributed by atoms with E-state index >= 15 is 0 Å². The molecular weight excluding hydrogens is 540 g/mol. The van der Waals surface area contributed by atoms with Gasteiger partial charge in [-0.25, -0.2) is 4.98 Å².